The Bertz CT molecular complexity index is 555. The number of halogens is 3. The van der Waals surface area contributed by atoms with E-state index in [2.05, 4.69) is 22.7 Å². The third-order valence-corrected chi connectivity index (χ3v) is 3.90. The Morgan fingerprint density at radius 1 is 1.40 bits per heavy atom. The Hall–Kier alpha value is -2.10. The number of rotatable bonds is 4. The largest absolute Gasteiger partial charge is 0.490 e. The number of hydrogen-bond donors (Lipinski definition) is 3. The van der Waals surface area contributed by atoms with Gasteiger partial charge < -0.3 is 15.7 Å². The lowest BCUT2D eigenvalue weighted by Crippen LogP contribution is -2.49. The number of hydrogen-bond acceptors (Lipinski definition) is 4. The van der Waals surface area contributed by atoms with Crippen molar-refractivity contribution in [2.45, 2.75) is 45.5 Å². The van der Waals surface area contributed by atoms with Crippen molar-refractivity contribution in [3.63, 3.8) is 0 Å². The molecule has 1 amide bonds. The highest BCUT2D eigenvalue weighted by molar-refractivity contribution is 5.82. The van der Waals surface area contributed by atoms with E-state index in [-0.39, 0.29) is 17.4 Å². The molecule has 1 aromatic rings. The topological polar surface area (TPSA) is 96.3 Å². The van der Waals surface area contributed by atoms with E-state index >= 15 is 0 Å². The van der Waals surface area contributed by atoms with E-state index in [4.69, 9.17) is 9.90 Å². The van der Waals surface area contributed by atoms with Gasteiger partial charge in [0.2, 0.25) is 5.91 Å². The number of alkyl halides is 3. The molecule has 2 rings (SSSR count). The summed E-state index contributed by atoms with van der Waals surface area (Å²) in [6, 6.07) is 1.99. The van der Waals surface area contributed by atoms with Crippen LogP contribution in [0.4, 0.5) is 13.2 Å². The van der Waals surface area contributed by atoms with Gasteiger partial charge in [-0.3, -0.25) is 9.48 Å². The fraction of sp³-hybridized carbons (Fsp3) is 0.667. The number of amides is 1. The van der Waals surface area contributed by atoms with Crippen LogP contribution in [0.3, 0.4) is 0 Å². The predicted molar refractivity (Wildman–Crippen MR) is 83.7 cm³/mol. The molecule has 142 valence electrons. The Kier molecular flexibility index (Phi) is 7.40. The minimum absolute atomic E-state index is 0.101. The molecule has 7 nitrogen and oxygen atoms in total. The highest BCUT2D eigenvalue weighted by Crippen LogP contribution is 2.28. The second kappa shape index (κ2) is 8.84. The highest BCUT2D eigenvalue weighted by atomic mass is 19.4. The normalized spacial score (nSPS) is 17.8. The molecule has 3 N–H and O–H groups in total. The fourth-order valence-electron chi connectivity index (χ4n) is 2.34. The molecule has 0 aromatic carbocycles. The Balaban J connectivity index is 0.000000381. The molecule has 25 heavy (non-hydrogen) atoms. The van der Waals surface area contributed by atoms with Gasteiger partial charge >= 0.3 is 12.1 Å². The molecule has 1 aromatic heterocycles. The number of nitrogens with zero attached hydrogens (tertiary/aromatic N) is 2. The molecule has 2 heterocycles. The maximum atomic E-state index is 12.3. The SMILES string of the molecule is CC(Cn1cccn1)NC(=O)C1(C)CCNCC1.O=C(O)C(F)(F)F. The first-order valence-corrected chi connectivity index (χ1v) is 7.84. The van der Waals surface area contributed by atoms with E-state index in [0.29, 0.717) is 6.54 Å². The van der Waals surface area contributed by atoms with Crippen molar-refractivity contribution in [2.24, 2.45) is 5.41 Å². The van der Waals surface area contributed by atoms with Gasteiger partial charge in [0.05, 0.1) is 6.54 Å². The maximum Gasteiger partial charge on any atom is 0.490 e. The van der Waals surface area contributed by atoms with Gasteiger partial charge in [0.1, 0.15) is 0 Å². The van der Waals surface area contributed by atoms with E-state index in [0.717, 1.165) is 25.9 Å². The number of carbonyl (C=O) groups is 2. The number of carboxylic acids is 1. The van der Waals surface area contributed by atoms with Crippen LogP contribution in [0.1, 0.15) is 26.7 Å². The average molecular weight is 364 g/mol. The van der Waals surface area contributed by atoms with Crippen molar-refractivity contribution < 1.29 is 27.9 Å². The van der Waals surface area contributed by atoms with Crippen LogP contribution in [0.2, 0.25) is 0 Å². The van der Waals surface area contributed by atoms with Crippen LogP contribution < -0.4 is 10.6 Å². The summed E-state index contributed by atoms with van der Waals surface area (Å²) in [5, 5.41) is 17.7. The van der Waals surface area contributed by atoms with Crippen molar-refractivity contribution >= 4 is 11.9 Å². The first kappa shape index (κ1) is 20.9. The molecule has 1 aliphatic rings. The number of carbonyl (C=O) groups excluding carboxylic acids is 1. The zero-order chi connectivity index (χ0) is 19.1. The molecular formula is C15H23F3N4O3. The van der Waals surface area contributed by atoms with Crippen LogP contribution in [0, 0.1) is 5.41 Å². The van der Waals surface area contributed by atoms with Gasteiger partial charge in [-0.2, -0.15) is 18.3 Å². The molecule has 1 atom stereocenters. The summed E-state index contributed by atoms with van der Waals surface area (Å²) in [4.78, 5) is 21.2. The van der Waals surface area contributed by atoms with Gasteiger partial charge in [0, 0.05) is 23.9 Å². The van der Waals surface area contributed by atoms with Gasteiger partial charge in [-0.25, -0.2) is 4.79 Å². The molecule has 1 aliphatic heterocycles. The van der Waals surface area contributed by atoms with Crippen molar-refractivity contribution in [3.8, 4) is 0 Å². The fourth-order valence-corrected chi connectivity index (χ4v) is 2.34. The van der Waals surface area contributed by atoms with E-state index in [1.54, 1.807) is 6.20 Å². The number of carboxylic acid groups (broad SMARTS) is 1. The molecule has 0 spiro atoms. The average Bonchev–Trinajstić information content (AvgIpc) is 3.00. The van der Waals surface area contributed by atoms with Crippen molar-refractivity contribution in [1.29, 1.82) is 0 Å². The zero-order valence-corrected chi connectivity index (χ0v) is 14.1. The van der Waals surface area contributed by atoms with Gasteiger partial charge in [-0.05, 0) is 38.9 Å². The second-order valence-electron chi connectivity index (χ2n) is 6.22. The minimum atomic E-state index is -5.08. The first-order valence-electron chi connectivity index (χ1n) is 7.84. The van der Waals surface area contributed by atoms with Gasteiger partial charge in [0.25, 0.3) is 0 Å². The van der Waals surface area contributed by atoms with Gasteiger partial charge in [0.15, 0.2) is 0 Å². The van der Waals surface area contributed by atoms with E-state index in [9.17, 15) is 18.0 Å². The van der Waals surface area contributed by atoms with Crippen molar-refractivity contribution in [2.75, 3.05) is 13.1 Å². The standard InChI is InChI=1S/C13H22N4O.C2HF3O2/c1-11(10-17-9-3-6-15-17)16-12(18)13(2)4-7-14-8-5-13;3-2(4,5)1(6)7/h3,6,9,11,14H,4-5,7-8,10H2,1-2H3,(H,16,18);(H,6,7). The monoisotopic (exact) mass is 364 g/mol. The predicted octanol–water partition coefficient (Wildman–Crippen LogP) is 1.41. The van der Waals surface area contributed by atoms with E-state index < -0.39 is 12.1 Å². The second-order valence-corrected chi connectivity index (χ2v) is 6.22. The Labute approximate surface area is 143 Å². The summed E-state index contributed by atoms with van der Waals surface area (Å²) in [6.07, 6.45) is 0.401. The van der Waals surface area contributed by atoms with Crippen LogP contribution in [0.5, 0.6) is 0 Å². The smallest absolute Gasteiger partial charge is 0.475 e. The third-order valence-electron chi connectivity index (χ3n) is 3.90. The molecule has 0 bridgehead atoms. The van der Waals surface area contributed by atoms with Gasteiger partial charge in [-0.15, -0.1) is 0 Å². The lowest BCUT2D eigenvalue weighted by molar-refractivity contribution is -0.192. The minimum Gasteiger partial charge on any atom is -0.475 e. The van der Waals surface area contributed by atoms with Crippen LogP contribution in [0.15, 0.2) is 18.5 Å². The van der Waals surface area contributed by atoms with E-state index in [1.807, 2.05) is 23.9 Å². The van der Waals surface area contributed by atoms with Crippen molar-refractivity contribution in [3.05, 3.63) is 18.5 Å². The summed E-state index contributed by atoms with van der Waals surface area (Å²) in [5.41, 5.74) is -0.219. The molecule has 1 fully saturated rings. The van der Waals surface area contributed by atoms with Crippen molar-refractivity contribution in [1.82, 2.24) is 20.4 Å². The third kappa shape index (κ3) is 7.12. The number of aliphatic carboxylic acids is 1. The quantitative estimate of drug-likeness (QED) is 0.751. The molecule has 10 heteroatoms. The Morgan fingerprint density at radius 3 is 2.40 bits per heavy atom. The van der Waals surface area contributed by atoms with Crippen LogP contribution in [-0.2, 0) is 16.1 Å². The summed E-state index contributed by atoms with van der Waals surface area (Å²) in [6.45, 7) is 6.65. The van der Waals surface area contributed by atoms with E-state index in [1.165, 1.54) is 0 Å². The van der Waals surface area contributed by atoms with Crippen LogP contribution in [0.25, 0.3) is 0 Å². The highest BCUT2D eigenvalue weighted by Gasteiger charge is 2.38. The Morgan fingerprint density at radius 2 is 1.96 bits per heavy atom. The van der Waals surface area contributed by atoms with Gasteiger partial charge in [-0.1, -0.05) is 6.92 Å². The summed E-state index contributed by atoms with van der Waals surface area (Å²) < 4.78 is 33.6. The zero-order valence-electron chi connectivity index (χ0n) is 14.1. The molecule has 0 aliphatic carbocycles. The van der Waals surface area contributed by atoms with Crippen LogP contribution in [-0.4, -0.2) is 52.1 Å². The lowest BCUT2D eigenvalue weighted by atomic mass is 9.80. The summed E-state index contributed by atoms with van der Waals surface area (Å²) >= 11 is 0. The first-order chi connectivity index (χ1) is 11.5. The number of aromatic nitrogens is 2. The molecular weight excluding hydrogens is 341 g/mol. The maximum absolute atomic E-state index is 12.3. The molecule has 1 saturated heterocycles. The summed E-state index contributed by atoms with van der Waals surface area (Å²) in [5.74, 6) is -2.59. The molecule has 0 saturated carbocycles. The number of piperidine rings is 1. The lowest BCUT2D eigenvalue weighted by Gasteiger charge is -2.33. The summed E-state index contributed by atoms with van der Waals surface area (Å²) in [7, 11) is 0. The molecule has 1 unspecified atom stereocenters. The van der Waals surface area contributed by atoms with Crippen LogP contribution >= 0.6 is 0 Å². The number of nitrogens with one attached hydrogen (secondary N) is 2. The molecule has 0 radical (unpaired) electrons.